The van der Waals surface area contributed by atoms with Gasteiger partial charge >= 0.3 is 0 Å². The summed E-state index contributed by atoms with van der Waals surface area (Å²) >= 11 is 0. The van der Waals surface area contributed by atoms with Gasteiger partial charge in [0, 0.05) is 39.5 Å². The lowest BCUT2D eigenvalue weighted by Crippen LogP contribution is -2.24. The van der Waals surface area contributed by atoms with Crippen molar-refractivity contribution in [1.82, 2.24) is 9.55 Å². The Labute approximate surface area is 282 Å². The van der Waals surface area contributed by atoms with Gasteiger partial charge in [0.1, 0.15) is 12.5 Å². The molecule has 0 unspecified atom stereocenters. The number of para-hydroxylation sites is 4. The molecule has 8 aromatic rings. The maximum atomic E-state index is 17.2. The van der Waals surface area contributed by atoms with Crippen molar-refractivity contribution in [3.63, 3.8) is 0 Å². The summed E-state index contributed by atoms with van der Waals surface area (Å²) in [5.41, 5.74) is 6.79. The maximum absolute atomic E-state index is 17.2. The second-order valence-corrected chi connectivity index (χ2v) is 12.3. The van der Waals surface area contributed by atoms with Gasteiger partial charge in [0.05, 0.1) is 22.4 Å². The molecule has 2 aromatic heterocycles. The number of hydrogen-bond acceptors (Lipinski definition) is 3. The van der Waals surface area contributed by atoms with Crippen LogP contribution < -0.4 is 9.80 Å². The number of fused-ring (bicyclic) bond motifs is 4. The van der Waals surface area contributed by atoms with Crippen LogP contribution in [0.25, 0.3) is 38.8 Å². The monoisotopic (exact) mass is 640 g/mol. The van der Waals surface area contributed by atoms with E-state index in [0.717, 1.165) is 44.5 Å². The van der Waals surface area contributed by atoms with Crippen molar-refractivity contribution in [2.24, 2.45) is 0 Å². The Balaban J connectivity index is 1.21. The van der Waals surface area contributed by atoms with E-state index in [0.29, 0.717) is 23.7 Å². The Morgan fingerprint density at radius 3 is 1.90 bits per heavy atom. The molecule has 0 bridgehead atoms. The van der Waals surface area contributed by atoms with E-state index in [1.165, 1.54) is 0 Å². The number of rotatable bonds is 6. The van der Waals surface area contributed by atoms with Gasteiger partial charge in [-0.2, -0.15) is 8.78 Å². The third kappa shape index (κ3) is 4.83. The predicted molar refractivity (Wildman–Crippen MR) is 195 cm³/mol. The number of aromatic nitrogens is 2. The number of alkyl halides is 2. The van der Waals surface area contributed by atoms with E-state index in [2.05, 4.69) is 39.0 Å². The maximum Gasteiger partial charge on any atom is 0.298 e. The van der Waals surface area contributed by atoms with Gasteiger partial charge in [-0.15, -0.1) is 0 Å². The molecule has 0 saturated carbocycles. The van der Waals surface area contributed by atoms with E-state index in [1.54, 1.807) is 30.5 Å². The van der Waals surface area contributed by atoms with Crippen LogP contribution in [0.2, 0.25) is 0 Å². The summed E-state index contributed by atoms with van der Waals surface area (Å²) < 4.78 is 36.3. The lowest BCUT2D eigenvalue weighted by atomic mass is 9.94. The lowest BCUT2D eigenvalue weighted by molar-refractivity contribution is 0.0430. The predicted octanol–water partition coefficient (Wildman–Crippen LogP) is 11.2. The minimum Gasteiger partial charge on any atom is -0.321 e. The quantitative estimate of drug-likeness (QED) is 0.181. The second kappa shape index (κ2) is 11.5. The molecule has 1 aliphatic heterocycles. The van der Waals surface area contributed by atoms with Gasteiger partial charge in [0.25, 0.3) is 5.92 Å². The van der Waals surface area contributed by atoms with Crippen LogP contribution in [0.3, 0.4) is 0 Å². The minimum absolute atomic E-state index is 0.0701. The Bertz CT molecular complexity index is 2460. The topological polar surface area (TPSA) is 24.3 Å². The van der Waals surface area contributed by atoms with Crippen molar-refractivity contribution in [3.05, 3.63) is 181 Å². The van der Waals surface area contributed by atoms with Gasteiger partial charge in [0.2, 0.25) is 0 Å². The van der Waals surface area contributed by atoms with Gasteiger partial charge in [-0.25, -0.2) is 4.98 Å². The molecule has 1 aliphatic rings. The first-order valence-electron chi connectivity index (χ1n) is 16.3. The number of hydrogen-bond donors (Lipinski definition) is 0. The second-order valence-electron chi connectivity index (χ2n) is 12.3. The minimum atomic E-state index is -3.31. The largest absolute Gasteiger partial charge is 0.321 e. The molecular formula is C43H30F2N4. The van der Waals surface area contributed by atoms with Crippen LogP contribution in [0.15, 0.2) is 170 Å². The molecular weight excluding hydrogens is 610 g/mol. The van der Waals surface area contributed by atoms with Gasteiger partial charge in [0.15, 0.2) is 0 Å². The molecule has 3 heterocycles. The first-order valence-corrected chi connectivity index (χ1v) is 16.3. The van der Waals surface area contributed by atoms with E-state index < -0.39 is 5.92 Å². The number of benzene rings is 6. The first kappa shape index (κ1) is 28.9. The van der Waals surface area contributed by atoms with Crippen LogP contribution in [0.4, 0.5) is 31.5 Å². The van der Waals surface area contributed by atoms with Crippen LogP contribution in [-0.4, -0.2) is 16.2 Å². The molecule has 6 heteroatoms. The van der Waals surface area contributed by atoms with E-state index in [4.69, 9.17) is 0 Å². The smallest absolute Gasteiger partial charge is 0.298 e. The highest BCUT2D eigenvalue weighted by atomic mass is 19.3. The molecule has 0 spiro atoms. The summed E-state index contributed by atoms with van der Waals surface area (Å²) in [7, 11) is 0. The summed E-state index contributed by atoms with van der Waals surface area (Å²) in [6.45, 7) is 0.489. The van der Waals surface area contributed by atoms with Crippen molar-refractivity contribution in [3.8, 4) is 16.9 Å². The third-order valence-corrected chi connectivity index (χ3v) is 9.43. The van der Waals surface area contributed by atoms with Crippen molar-refractivity contribution >= 4 is 44.6 Å². The Morgan fingerprint density at radius 2 is 1.14 bits per heavy atom. The molecule has 49 heavy (non-hydrogen) atoms. The molecule has 0 fully saturated rings. The molecule has 236 valence electrons. The molecule has 0 atom stereocenters. The van der Waals surface area contributed by atoms with E-state index in [1.807, 2.05) is 120 Å². The van der Waals surface area contributed by atoms with E-state index in [-0.39, 0.29) is 11.1 Å². The van der Waals surface area contributed by atoms with E-state index >= 15 is 8.78 Å². The van der Waals surface area contributed by atoms with Crippen LogP contribution in [-0.2, 0) is 5.92 Å². The molecule has 4 nitrogen and oxygen atoms in total. The van der Waals surface area contributed by atoms with E-state index in [9.17, 15) is 0 Å². The molecule has 0 N–H and O–H groups in total. The first-order chi connectivity index (χ1) is 24.1. The standard InChI is InChI=1S/C43H30F2N4/c44-43(45,32-22-23-37-36-17-7-8-18-38(36)49(41(37)28-32)42-21-11-12-24-46-42)33-25-31(30-13-3-1-4-14-30)26-35(27-33)48-29-47(34-15-5-2-6-16-34)39-19-9-10-20-40(39)48/h1-28H,29H2. The van der Waals surface area contributed by atoms with Gasteiger partial charge in [-0.1, -0.05) is 97.1 Å². The molecule has 0 aliphatic carbocycles. The normalized spacial score (nSPS) is 12.9. The van der Waals surface area contributed by atoms with Crippen LogP contribution in [0.1, 0.15) is 11.1 Å². The highest BCUT2D eigenvalue weighted by molar-refractivity contribution is 6.09. The van der Waals surface area contributed by atoms with Gasteiger partial charge in [-0.3, -0.25) is 4.57 Å². The molecule has 6 aromatic carbocycles. The summed E-state index contributed by atoms with van der Waals surface area (Å²) in [6, 6.07) is 52.0. The lowest BCUT2D eigenvalue weighted by Gasteiger charge is -2.25. The number of anilines is 4. The van der Waals surface area contributed by atoms with Crippen molar-refractivity contribution in [2.45, 2.75) is 5.92 Å². The van der Waals surface area contributed by atoms with Crippen molar-refractivity contribution in [1.29, 1.82) is 0 Å². The number of pyridine rings is 1. The van der Waals surface area contributed by atoms with Crippen LogP contribution >= 0.6 is 0 Å². The number of nitrogens with zero attached hydrogens (tertiary/aromatic N) is 4. The highest BCUT2D eigenvalue weighted by Crippen LogP contribution is 2.47. The van der Waals surface area contributed by atoms with Crippen molar-refractivity contribution in [2.75, 3.05) is 16.5 Å². The Morgan fingerprint density at radius 1 is 0.490 bits per heavy atom. The van der Waals surface area contributed by atoms with Gasteiger partial charge < -0.3 is 9.80 Å². The number of halogens is 2. The summed E-state index contributed by atoms with van der Waals surface area (Å²) in [5, 5.41) is 1.89. The highest BCUT2D eigenvalue weighted by Gasteiger charge is 2.37. The Kier molecular flexibility index (Phi) is 6.76. The Hall–Kier alpha value is -6.27. The average Bonchev–Trinajstić information content (AvgIpc) is 3.72. The fourth-order valence-corrected chi connectivity index (χ4v) is 7.07. The zero-order valence-corrected chi connectivity index (χ0v) is 26.4. The SMILES string of the molecule is FC(F)(c1cc(-c2ccccc2)cc(N2CN(c3ccccc3)c3ccccc32)c1)c1ccc2c3ccccc3n(-c3ccccn3)c2c1. The summed E-state index contributed by atoms with van der Waals surface area (Å²) in [5.74, 6) is -2.63. The third-order valence-electron chi connectivity index (χ3n) is 9.43. The van der Waals surface area contributed by atoms with Crippen LogP contribution in [0, 0.1) is 0 Å². The zero-order valence-electron chi connectivity index (χ0n) is 26.4. The zero-order chi connectivity index (χ0) is 33.0. The molecule has 9 rings (SSSR count). The summed E-state index contributed by atoms with van der Waals surface area (Å²) in [6.07, 6.45) is 1.72. The van der Waals surface area contributed by atoms with Gasteiger partial charge in [-0.05, 0) is 77.9 Å². The van der Waals surface area contributed by atoms with Crippen molar-refractivity contribution < 1.29 is 8.78 Å². The molecule has 0 saturated heterocycles. The fraction of sp³-hybridized carbons (Fsp3) is 0.0465. The molecule has 0 amide bonds. The molecule has 0 radical (unpaired) electrons. The fourth-order valence-electron chi connectivity index (χ4n) is 7.07. The van der Waals surface area contributed by atoms with Crippen LogP contribution in [0.5, 0.6) is 0 Å². The summed E-state index contributed by atoms with van der Waals surface area (Å²) in [4.78, 5) is 8.92. The average molecular weight is 641 g/mol.